The molecule has 13 heavy (non-hydrogen) atoms. The predicted octanol–water partition coefficient (Wildman–Crippen LogP) is 0.919. The third-order valence-electron chi connectivity index (χ3n) is 1.74. The summed E-state index contributed by atoms with van der Waals surface area (Å²) in [6.45, 7) is 1.89. The fraction of sp³-hybridized carbons (Fsp3) is 0.556. The molecule has 0 aromatic heterocycles. The zero-order valence-electron chi connectivity index (χ0n) is 7.69. The number of carboxylic acids is 1. The quantitative estimate of drug-likeness (QED) is 0.367. The number of hydrogen-bond donors (Lipinski definition) is 2. The van der Waals surface area contributed by atoms with Gasteiger partial charge in [-0.05, 0) is 26.2 Å². The summed E-state index contributed by atoms with van der Waals surface area (Å²) in [7, 11) is 0. The fourth-order valence-corrected chi connectivity index (χ4v) is 0.994. The van der Waals surface area contributed by atoms with Crippen molar-refractivity contribution >= 4 is 11.9 Å². The van der Waals surface area contributed by atoms with E-state index >= 15 is 0 Å². The normalized spacial score (nSPS) is 13.0. The highest BCUT2D eigenvalue weighted by Gasteiger charge is 2.22. The molecule has 0 saturated carbocycles. The minimum atomic E-state index is -1.13. The number of allylic oxidation sites excluding steroid dienone is 2. The van der Waals surface area contributed by atoms with Crippen molar-refractivity contribution in [3.63, 3.8) is 0 Å². The van der Waals surface area contributed by atoms with E-state index in [0.29, 0.717) is 12.8 Å². The Morgan fingerprint density at radius 3 is 2.54 bits per heavy atom. The number of carbonyl (C=O) groups is 2. The lowest BCUT2D eigenvalue weighted by Gasteiger charge is -2.05. The van der Waals surface area contributed by atoms with Gasteiger partial charge in [0.25, 0.3) is 0 Å². The second kappa shape index (κ2) is 6.22. The molecule has 1 atom stereocenters. The van der Waals surface area contributed by atoms with E-state index in [0.717, 1.165) is 6.42 Å². The standard InChI is InChI=1S/C9H15NO3/c1-2-3-4-5-6-7(8(10)11)9(12)13/h2-3,7H,4-6H2,1H3,(H2,10,11)(H,12,13). The summed E-state index contributed by atoms with van der Waals surface area (Å²) in [5.41, 5.74) is 4.91. The van der Waals surface area contributed by atoms with Crippen LogP contribution in [0.5, 0.6) is 0 Å². The first kappa shape index (κ1) is 11.7. The van der Waals surface area contributed by atoms with Crippen LogP contribution in [0.15, 0.2) is 12.2 Å². The fourth-order valence-electron chi connectivity index (χ4n) is 0.994. The van der Waals surface area contributed by atoms with Gasteiger partial charge >= 0.3 is 5.97 Å². The third-order valence-corrected chi connectivity index (χ3v) is 1.74. The van der Waals surface area contributed by atoms with Crippen LogP contribution >= 0.6 is 0 Å². The molecule has 0 fully saturated rings. The van der Waals surface area contributed by atoms with Crippen LogP contribution in [0.4, 0.5) is 0 Å². The highest BCUT2D eigenvalue weighted by Crippen LogP contribution is 2.08. The topological polar surface area (TPSA) is 80.4 Å². The molecule has 4 heteroatoms. The lowest BCUT2D eigenvalue weighted by molar-refractivity contribution is -0.146. The summed E-state index contributed by atoms with van der Waals surface area (Å²) >= 11 is 0. The van der Waals surface area contributed by atoms with E-state index in [1.54, 1.807) is 0 Å². The molecule has 0 aromatic carbocycles. The van der Waals surface area contributed by atoms with Gasteiger partial charge in [0.15, 0.2) is 0 Å². The first-order valence-corrected chi connectivity index (χ1v) is 4.23. The molecule has 0 heterocycles. The summed E-state index contributed by atoms with van der Waals surface area (Å²) in [6.07, 6.45) is 5.59. The van der Waals surface area contributed by atoms with Crippen LogP contribution in [0.2, 0.25) is 0 Å². The van der Waals surface area contributed by atoms with Gasteiger partial charge in [-0.1, -0.05) is 12.2 Å². The van der Waals surface area contributed by atoms with Gasteiger partial charge < -0.3 is 10.8 Å². The van der Waals surface area contributed by atoms with E-state index in [-0.39, 0.29) is 0 Å². The summed E-state index contributed by atoms with van der Waals surface area (Å²) in [4.78, 5) is 21.1. The highest BCUT2D eigenvalue weighted by molar-refractivity contribution is 5.95. The maximum Gasteiger partial charge on any atom is 0.316 e. The molecule has 0 spiro atoms. The summed E-state index contributed by atoms with van der Waals surface area (Å²) in [5.74, 6) is -2.92. The number of amides is 1. The molecule has 0 saturated heterocycles. The molecule has 3 N–H and O–H groups in total. The zero-order valence-corrected chi connectivity index (χ0v) is 7.69. The van der Waals surface area contributed by atoms with Gasteiger partial charge in [0.05, 0.1) is 0 Å². The number of carbonyl (C=O) groups excluding carboxylic acids is 1. The molecule has 1 amide bonds. The van der Waals surface area contributed by atoms with E-state index in [2.05, 4.69) is 0 Å². The highest BCUT2D eigenvalue weighted by atomic mass is 16.4. The SMILES string of the molecule is CC=CCCCC(C(N)=O)C(=O)O. The summed E-state index contributed by atoms with van der Waals surface area (Å²) < 4.78 is 0. The van der Waals surface area contributed by atoms with Crippen molar-refractivity contribution < 1.29 is 14.7 Å². The summed E-state index contributed by atoms with van der Waals surface area (Å²) in [5, 5.41) is 8.58. The van der Waals surface area contributed by atoms with E-state index in [4.69, 9.17) is 10.8 Å². The third kappa shape index (κ3) is 5.00. The van der Waals surface area contributed by atoms with Crippen molar-refractivity contribution in [2.24, 2.45) is 11.7 Å². The average Bonchev–Trinajstić information content (AvgIpc) is 2.02. The van der Waals surface area contributed by atoms with Crippen molar-refractivity contribution in [1.29, 1.82) is 0 Å². The molecule has 0 radical (unpaired) electrons. The number of nitrogens with two attached hydrogens (primary N) is 1. The zero-order chi connectivity index (χ0) is 10.3. The molecular weight excluding hydrogens is 170 g/mol. The number of unbranched alkanes of at least 4 members (excludes halogenated alkanes) is 1. The molecule has 1 unspecified atom stereocenters. The smallest absolute Gasteiger partial charge is 0.316 e. The van der Waals surface area contributed by atoms with E-state index in [1.807, 2.05) is 19.1 Å². The Balaban J connectivity index is 3.84. The minimum Gasteiger partial charge on any atom is -0.481 e. The molecular formula is C9H15NO3. The Morgan fingerprint density at radius 2 is 2.15 bits per heavy atom. The lowest BCUT2D eigenvalue weighted by atomic mass is 10.0. The Hall–Kier alpha value is -1.32. The first-order chi connectivity index (χ1) is 6.09. The van der Waals surface area contributed by atoms with Gasteiger partial charge in [0.2, 0.25) is 5.91 Å². The lowest BCUT2D eigenvalue weighted by Crippen LogP contribution is -2.29. The number of primary amides is 1. The van der Waals surface area contributed by atoms with Crippen LogP contribution < -0.4 is 5.73 Å². The molecule has 4 nitrogen and oxygen atoms in total. The van der Waals surface area contributed by atoms with Crippen molar-refractivity contribution in [1.82, 2.24) is 0 Å². The molecule has 0 aromatic rings. The predicted molar refractivity (Wildman–Crippen MR) is 49.0 cm³/mol. The van der Waals surface area contributed by atoms with Gasteiger partial charge in [0, 0.05) is 0 Å². The van der Waals surface area contributed by atoms with Crippen molar-refractivity contribution in [3.8, 4) is 0 Å². The monoisotopic (exact) mass is 185 g/mol. The largest absolute Gasteiger partial charge is 0.481 e. The van der Waals surface area contributed by atoms with Gasteiger partial charge in [-0.15, -0.1) is 0 Å². The number of hydrogen-bond acceptors (Lipinski definition) is 2. The van der Waals surface area contributed by atoms with E-state index in [9.17, 15) is 9.59 Å². The molecule has 0 rings (SSSR count). The molecule has 0 aliphatic carbocycles. The van der Waals surface area contributed by atoms with Crippen LogP contribution in [0.25, 0.3) is 0 Å². The van der Waals surface area contributed by atoms with Crippen LogP contribution in [0, 0.1) is 5.92 Å². The number of rotatable bonds is 6. The van der Waals surface area contributed by atoms with Crippen LogP contribution in [-0.2, 0) is 9.59 Å². The van der Waals surface area contributed by atoms with Crippen molar-refractivity contribution in [2.75, 3.05) is 0 Å². The second-order valence-electron chi connectivity index (χ2n) is 2.79. The Kier molecular flexibility index (Phi) is 5.59. The molecule has 74 valence electrons. The van der Waals surface area contributed by atoms with Crippen LogP contribution in [0.1, 0.15) is 26.2 Å². The second-order valence-corrected chi connectivity index (χ2v) is 2.79. The molecule has 0 bridgehead atoms. The summed E-state index contributed by atoms with van der Waals surface area (Å²) in [6, 6.07) is 0. The average molecular weight is 185 g/mol. The van der Waals surface area contributed by atoms with E-state index in [1.165, 1.54) is 0 Å². The van der Waals surface area contributed by atoms with Crippen molar-refractivity contribution in [2.45, 2.75) is 26.2 Å². The van der Waals surface area contributed by atoms with Gasteiger partial charge in [-0.2, -0.15) is 0 Å². The van der Waals surface area contributed by atoms with Crippen LogP contribution in [-0.4, -0.2) is 17.0 Å². The van der Waals surface area contributed by atoms with Gasteiger partial charge in [-0.3, -0.25) is 9.59 Å². The first-order valence-electron chi connectivity index (χ1n) is 4.23. The van der Waals surface area contributed by atoms with Gasteiger partial charge in [0.1, 0.15) is 5.92 Å². The Morgan fingerprint density at radius 1 is 1.54 bits per heavy atom. The number of carboxylic acid groups (broad SMARTS) is 1. The van der Waals surface area contributed by atoms with Crippen LogP contribution in [0.3, 0.4) is 0 Å². The Bertz CT molecular complexity index is 197. The van der Waals surface area contributed by atoms with Gasteiger partial charge in [-0.25, -0.2) is 0 Å². The molecule has 0 aliphatic heterocycles. The maximum absolute atomic E-state index is 10.6. The molecule has 0 aliphatic rings. The minimum absolute atomic E-state index is 0.314. The number of aliphatic carboxylic acids is 1. The maximum atomic E-state index is 10.6. The van der Waals surface area contributed by atoms with Crippen molar-refractivity contribution in [3.05, 3.63) is 12.2 Å². The Labute approximate surface area is 77.4 Å². The van der Waals surface area contributed by atoms with E-state index < -0.39 is 17.8 Å².